The van der Waals surface area contributed by atoms with Crippen molar-refractivity contribution in [2.45, 2.75) is 18.9 Å². The predicted octanol–water partition coefficient (Wildman–Crippen LogP) is 1.71. The van der Waals surface area contributed by atoms with Gasteiger partial charge in [-0.3, -0.25) is 4.79 Å². The maximum Gasteiger partial charge on any atom is 0.243 e. The number of hydrogen-bond donors (Lipinski definition) is 2. The quantitative estimate of drug-likeness (QED) is 0.897. The molecular weight excluding hydrogens is 280 g/mol. The maximum absolute atomic E-state index is 11.8. The number of nitrogens with zero attached hydrogens (tertiary/aromatic N) is 2. The molecule has 1 aromatic heterocycles. The number of nitrogens with one attached hydrogen (secondary N) is 2. The number of carbonyl (C=O) groups excluding carboxylic acids is 1. The first-order valence-corrected chi connectivity index (χ1v) is 6.22. The van der Waals surface area contributed by atoms with Crippen LogP contribution >= 0.6 is 12.4 Å². The number of halogens is 1. The highest BCUT2D eigenvalue weighted by Crippen LogP contribution is 2.20. The van der Waals surface area contributed by atoms with E-state index in [-0.39, 0.29) is 30.8 Å². The van der Waals surface area contributed by atoms with Gasteiger partial charge in [0, 0.05) is 5.69 Å². The van der Waals surface area contributed by atoms with Crippen LogP contribution in [-0.4, -0.2) is 22.6 Å². The van der Waals surface area contributed by atoms with Crippen LogP contribution < -0.4 is 10.6 Å². The molecule has 1 amide bonds. The fourth-order valence-corrected chi connectivity index (χ4v) is 1.85. The Morgan fingerprint density at radius 2 is 2.15 bits per heavy atom. The third-order valence-electron chi connectivity index (χ3n) is 2.98. The Labute approximate surface area is 122 Å². The molecule has 0 saturated carbocycles. The molecular formula is C13H15ClN4O2. The second kappa shape index (κ2) is 6.49. The molecule has 0 spiro atoms. The number of rotatable bonds is 4. The molecule has 2 heterocycles. The zero-order valence-corrected chi connectivity index (χ0v) is 11.5. The third-order valence-corrected chi connectivity index (χ3v) is 2.98. The first-order valence-electron chi connectivity index (χ1n) is 6.22. The number of hydrogen-bond acceptors (Lipinski definition) is 5. The molecule has 1 fully saturated rings. The summed E-state index contributed by atoms with van der Waals surface area (Å²) in [6.07, 6.45) is 1.11. The van der Waals surface area contributed by atoms with Gasteiger partial charge in [-0.1, -0.05) is 23.4 Å². The SMILES string of the molecule is Cl.O=C(Cc1noc([C@H]2CCN2)n1)Nc1ccccc1. The molecule has 6 nitrogen and oxygen atoms in total. The van der Waals surface area contributed by atoms with Crippen molar-refractivity contribution < 1.29 is 9.32 Å². The highest BCUT2D eigenvalue weighted by molar-refractivity contribution is 5.91. The van der Waals surface area contributed by atoms with Gasteiger partial charge in [-0.25, -0.2) is 0 Å². The van der Waals surface area contributed by atoms with E-state index < -0.39 is 0 Å². The van der Waals surface area contributed by atoms with E-state index >= 15 is 0 Å². The van der Waals surface area contributed by atoms with Crippen LogP contribution in [0.1, 0.15) is 24.2 Å². The van der Waals surface area contributed by atoms with Gasteiger partial charge in [-0.2, -0.15) is 4.98 Å². The van der Waals surface area contributed by atoms with Crippen molar-refractivity contribution in [3.8, 4) is 0 Å². The summed E-state index contributed by atoms with van der Waals surface area (Å²) in [4.78, 5) is 16.0. The van der Waals surface area contributed by atoms with Crippen LogP contribution in [0.15, 0.2) is 34.9 Å². The fraction of sp³-hybridized carbons (Fsp3) is 0.308. The molecule has 1 aromatic carbocycles. The van der Waals surface area contributed by atoms with Crippen molar-refractivity contribution in [1.29, 1.82) is 0 Å². The molecule has 0 aliphatic carbocycles. The minimum Gasteiger partial charge on any atom is -0.338 e. The lowest BCUT2D eigenvalue weighted by Gasteiger charge is -2.23. The summed E-state index contributed by atoms with van der Waals surface area (Å²) in [5, 5.41) is 9.77. The molecule has 1 atom stereocenters. The standard InChI is InChI=1S/C13H14N4O2.ClH/c18-12(15-9-4-2-1-3-5-9)8-11-16-13(19-17-11)10-6-7-14-10;/h1-5,10,14H,6-8H2,(H,15,18);1H/t10-;/m1./s1. The molecule has 2 N–H and O–H groups in total. The number of amides is 1. The zero-order chi connectivity index (χ0) is 13.1. The number of carbonyl (C=O) groups is 1. The van der Waals surface area contributed by atoms with E-state index in [9.17, 15) is 4.79 Å². The molecule has 2 aromatic rings. The average Bonchev–Trinajstić information content (AvgIpc) is 2.76. The molecule has 3 rings (SSSR count). The molecule has 1 aliphatic heterocycles. The molecule has 106 valence electrons. The fourth-order valence-electron chi connectivity index (χ4n) is 1.85. The molecule has 0 radical (unpaired) electrons. The van der Waals surface area contributed by atoms with Crippen molar-refractivity contribution in [2.75, 3.05) is 11.9 Å². The molecule has 1 saturated heterocycles. The minimum absolute atomic E-state index is 0. The Hall–Kier alpha value is -1.92. The Balaban J connectivity index is 0.00000147. The van der Waals surface area contributed by atoms with E-state index in [1.807, 2.05) is 30.3 Å². The number of para-hydroxylation sites is 1. The predicted molar refractivity (Wildman–Crippen MR) is 75.7 cm³/mol. The largest absolute Gasteiger partial charge is 0.338 e. The van der Waals surface area contributed by atoms with Crippen LogP contribution in [-0.2, 0) is 11.2 Å². The van der Waals surface area contributed by atoms with Crippen LogP contribution in [0, 0.1) is 0 Å². The Morgan fingerprint density at radius 1 is 1.40 bits per heavy atom. The van der Waals surface area contributed by atoms with Crippen LogP contribution in [0.25, 0.3) is 0 Å². The van der Waals surface area contributed by atoms with E-state index in [0.29, 0.717) is 11.7 Å². The van der Waals surface area contributed by atoms with E-state index in [1.165, 1.54) is 0 Å². The highest BCUT2D eigenvalue weighted by Gasteiger charge is 2.24. The number of anilines is 1. The van der Waals surface area contributed by atoms with Crippen molar-refractivity contribution >= 4 is 24.0 Å². The van der Waals surface area contributed by atoms with Crippen molar-refractivity contribution in [1.82, 2.24) is 15.5 Å². The van der Waals surface area contributed by atoms with Crippen molar-refractivity contribution in [3.63, 3.8) is 0 Å². The summed E-state index contributed by atoms with van der Waals surface area (Å²) in [7, 11) is 0. The van der Waals surface area contributed by atoms with Crippen LogP contribution in [0.5, 0.6) is 0 Å². The normalized spacial score (nSPS) is 16.9. The van der Waals surface area contributed by atoms with Crippen LogP contribution in [0.4, 0.5) is 5.69 Å². The number of benzene rings is 1. The van der Waals surface area contributed by atoms with E-state index in [1.54, 1.807) is 0 Å². The summed E-state index contributed by atoms with van der Waals surface area (Å²) >= 11 is 0. The van der Waals surface area contributed by atoms with E-state index in [2.05, 4.69) is 20.8 Å². The summed E-state index contributed by atoms with van der Waals surface area (Å²) in [5.41, 5.74) is 0.761. The van der Waals surface area contributed by atoms with Gasteiger partial charge in [0.2, 0.25) is 11.8 Å². The molecule has 0 bridgehead atoms. The maximum atomic E-state index is 11.8. The second-order valence-corrected chi connectivity index (χ2v) is 4.44. The van der Waals surface area contributed by atoms with Gasteiger partial charge < -0.3 is 15.2 Å². The minimum atomic E-state index is -0.153. The van der Waals surface area contributed by atoms with Crippen molar-refractivity contribution in [3.05, 3.63) is 42.0 Å². The van der Waals surface area contributed by atoms with Gasteiger partial charge >= 0.3 is 0 Å². The van der Waals surface area contributed by atoms with Gasteiger partial charge in [0.05, 0.1) is 12.5 Å². The smallest absolute Gasteiger partial charge is 0.243 e. The van der Waals surface area contributed by atoms with Gasteiger partial charge in [-0.15, -0.1) is 12.4 Å². The van der Waals surface area contributed by atoms with Gasteiger partial charge in [-0.05, 0) is 25.1 Å². The van der Waals surface area contributed by atoms with Crippen molar-refractivity contribution in [2.24, 2.45) is 0 Å². The van der Waals surface area contributed by atoms with E-state index in [4.69, 9.17) is 4.52 Å². The van der Waals surface area contributed by atoms with Gasteiger partial charge in [0.25, 0.3) is 0 Å². The number of aromatic nitrogens is 2. The molecule has 1 aliphatic rings. The Morgan fingerprint density at radius 3 is 2.80 bits per heavy atom. The average molecular weight is 295 g/mol. The zero-order valence-electron chi connectivity index (χ0n) is 10.7. The lowest BCUT2D eigenvalue weighted by atomic mass is 10.1. The Bertz CT molecular complexity index is 569. The summed E-state index contributed by atoms with van der Waals surface area (Å²) in [5.74, 6) is 0.825. The monoisotopic (exact) mass is 294 g/mol. The van der Waals surface area contributed by atoms with Gasteiger partial charge in [0.1, 0.15) is 0 Å². The summed E-state index contributed by atoms with van der Waals surface area (Å²) < 4.78 is 5.12. The molecule has 0 unspecified atom stereocenters. The Kier molecular flexibility index (Phi) is 4.70. The lowest BCUT2D eigenvalue weighted by Crippen LogP contribution is -2.35. The summed E-state index contributed by atoms with van der Waals surface area (Å²) in [6, 6.07) is 9.44. The summed E-state index contributed by atoms with van der Waals surface area (Å²) in [6.45, 7) is 0.969. The lowest BCUT2D eigenvalue weighted by molar-refractivity contribution is -0.115. The third kappa shape index (κ3) is 3.34. The first-order chi connectivity index (χ1) is 9.31. The van der Waals surface area contributed by atoms with Crippen LogP contribution in [0.2, 0.25) is 0 Å². The second-order valence-electron chi connectivity index (χ2n) is 4.44. The molecule has 7 heteroatoms. The highest BCUT2D eigenvalue weighted by atomic mass is 35.5. The molecule has 20 heavy (non-hydrogen) atoms. The first kappa shape index (κ1) is 14.5. The topological polar surface area (TPSA) is 80.1 Å². The van der Waals surface area contributed by atoms with Gasteiger partial charge in [0.15, 0.2) is 5.82 Å². The van der Waals surface area contributed by atoms with E-state index in [0.717, 1.165) is 18.7 Å². The van der Waals surface area contributed by atoms with Crippen LogP contribution in [0.3, 0.4) is 0 Å².